The topological polar surface area (TPSA) is 126 Å². The second-order valence-electron chi connectivity index (χ2n) is 8.08. The van der Waals surface area contributed by atoms with Crippen molar-refractivity contribution in [3.8, 4) is 0 Å². The maximum atomic E-state index is 14.0. The molecule has 0 fully saturated rings. The van der Waals surface area contributed by atoms with E-state index in [0.717, 1.165) is 0 Å². The number of ether oxygens (including phenoxy) is 6. The van der Waals surface area contributed by atoms with E-state index in [1.54, 1.807) is 42.5 Å². The van der Waals surface area contributed by atoms with E-state index >= 15 is 0 Å². The van der Waals surface area contributed by atoms with Crippen LogP contribution < -0.4 is 5.48 Å². The summed E-state index contributed by atoms with van der Waals surface area (Å²) in [5, 5.41) is 8.57. The first-order valence-corrected chi connectivity index (χ1v) is 12.7. The van der Waals surface area contributed by atoms with Crippen molar-refractivity contribution in [1.29, 1.82) is 0 Å². The van der Waals surface area contributed by atoms with Gasteiger partial charge >= 0.3 is 5.97 Å². The lowest BCUT2D eigenvalue weighted by atomic mass is 10.1. The number of carbonyl (C=O) groups is 1. The first-order valence-electron chi connectivity index (χ1n) is 12.7. The minimum Gasteiger partial charge on any atom is -0.460 e. The molecule has 2 aromatic rings. The van der Waals surface area contributed by atoms with Crippen LogP contribution in [0.2, 0.25) is 0 Å². The largest absolute Gasteiger partial charge is 0.460 e. The Morgan fingerprint density at radius 2 is 1.41 bits per heavy atom. The van der Waals surface area contributed by atoms with Gasteiger partial charge in [0.05, 0.1) is 83.8 Å². The Bertz CT molecular complexity index is 1020. The summed E-state index contributed by atoms with van der Waals surface area (Å²) in [6.07, 6.45) is -0.586. The summed E-state index contributed by atoms with van der Waals surface area (Å²) in [6, 6.07) is 13.0. The molecule has 11 nitrogen and oxygen atoms in total. The minimum atomic E-state index is -0.586. The molecule has 0 saturated carbocycles. The van der Waals surface area contributed by atoms with Gasteiger partial charge in [-0.05, 0) is 29.8 Å². The number of hydrogen-bond donors (Lipinski definition) is 2. The molecule has 2 aromatic carbocycles. The van der Waals surface area contributed by atoms with E-state index in [4.69, 9.17) is 38.4 Å². The quantitative estimate of drug-likeness (QED) is 0.187. The number of aliphatic hydroxyl groups excluding tert-OH is 1. The first-order chi connectivity index (χ1) is 19.2. The number of rotatable bonds is 20. The van der Waals surface area contributed by atoms with Gasteiger partial charge < -0.3 is 38.4 Å². The Kier molecular flexibility index (Phi) is 14.4. The SMILES string of the molecule is O=C(OCCOCCOCCOCCOCCOCCO)c1cccc(C2N=C(c3ccccc3F)ON2)c1. The monoisotopic (exact) mass is 550 g/mol. The third kappa shape index (κ3) is 11.3. The van der Waals surface area contributed by atoms with Gasteiger partial charge in [-0.15, -0.1) is 5.48 Å². The highest BCUT2D eigenvalue weighted by Crippen LogP contribution is 2.23. The summed E-state index contributed by atoms with van der Waals surface area (Å²) in [6.45, 7) is 4.10. The average molecular weight is 551 g/mol. The second-order valence-corrected chi connectivity index (χ2v) is 8.08. The van der Waals surface area contributed by atoms with Crippen molar-refractivity contribution in [2.75, 3.05) is 79.3 Å². The molecule has 0 spiro atoms. The standard InChI is InChI=1S/C27H35FN2O9/c28-24-7-2-1-6-23(24)26-29-25(30-39-26)21-4-3-5-22(20-21)27(32)38-19-18-37-17-16-36-15-14-35-13-12-34-11-10-33-9-8-31/h1-7,20,25,30-31H,8-19H2. The number of aliphatic hydroxyl groups is 1. The number of nitrogens with zero attached hydrogens (tertiary/aromatic N) is 1. The highest BCUT2D eigenvalue weighted by atomic mass is 19.1. The predicted octanol–water partition coefficient (Wildman–Crippen LogP) is 2.04. The molecule has 214 valence electrons. The zero-order valence-corrected chi connectivity index (χ0v) is 21.7. The highest BCUT2D eigenvalue weighted by molar-refractivity contribution is 5.95. The summed E-state index contributed by atoms with van der Waals surface area (Å²) in [5.41, 5.74) is 4.02. The third-order valence-corrected chi connectivity index (χ3v) is 5.24. The molecule has 1 heterocycles. The van der Waals surface area contributed by atoms with Crippen LogP contribution in [0.5, 0.6) is 0 Å². The molecule has 1 aliphatic heterocycles. The molecule has 12 heteroatoms. The normalized spacial score (nSPS) is 14.7. The maximum Gasteiger partial charge on any atom is 0.338 e. The lowest BCUT2D eigenvalue weighted by Crippen LogP contribution is -2.16. The highest BCUT2D eigenvalue weighted by Gasteiger charge is 2.24. The van der Waals surface area contributed by atoms with Crippen LogP contribution in [0.25, 0.3) is 0 Å². The van der Waals surface area contributed by atoms with Crippen molar-refractivity contribution in [2.45, 2.75) is 6.17 Å². The second kappa shape index (κ2) is 18.3. The fourth-order valence-electron chi connectivity index (χ4n) is 3.34. The van der Waals surface area contributed by atoms with Gasteiger partial charge in [0.2, 0.25) is 5.90 Å². The van der Waals surface area contributed by atoms with Gasteiger partial charge in [0.15, 0.2) is 6.17 Å². The van der Waals surface area contributed by atoms with Gasteiger partial charge in [0.1, 0.15) is 12.4 Å². The van der Waals surface area contributed by atoms with Crippen LogP contribution in [0.15, 0.2) is 53.5 Å². The number of esters is 1. The molecule has 0 saturated heterocycles. The average Bonchev–Trinajstić information content (AvgIpc) is 3.45. The van der Waals surface area contributed by atoms with Crippen molar-refractivity contribution in [3.63, 3.8) is 0 Å². The molecule has 0 bridgehead atoms. The lowest BCUT2D eigenvalue weighted by molar-refractivity contribution is -0.0167. The van der Waals surface area contributed by atoms with Crippen molar-refractivity contribution in [1.82, 2.24) is 5.48 Å². The van der Waals surface area contributed by atoms with Crippen LogP contribution in [-0.2, 0) is 33.3 Å². The Balaban J connectivity index is 1.22. The van der Waals surface area contributed by atoms with Gasteiger partial charge in [0.25, 0.3) is 0 Å². The Morgan fingerprint density at radius 3 is 2.03 bits per heavy atom. The number of hydrogen-bond acceptors (Lipinski definition) is 11. The molecular weight excluding hydrogens is 515 g/mol. The van der Waals surface area contributed by atoms with E-state index in [9.17, 15) is 9.18 Å². The molecule has 0 amide bonds. The van der Waals surface area contributed by atoms with E-state index in [0.29, 0.717) is 70.6 Å². The number of halogens is 1. The zero-order chi connectivity index (χ0) is 27.5. The Labute approximate surface area is 226 Å². The van der Waals surface area contributed by atoms with Crippen LogP contribution in [0, 0.1) is 5.82 Å². The Hall–Kier alpha value is -2.97. The van der Waals surface area contributed by atoms with Gasteiger partial charge in [-0.3, -0.25) is 0 Å². The first kappa shape index (κ1) is 30.6. The summed E-state index contributed by atoms with van der Waals surface area (Å²) < 4.78 is 45.9. The van der Waals surface area contributed by atoms with Crippen molar-refractivity contribution < 1.29 is 47.6 Å². The molecular formula is C27H35FN2O9. The smallest absolute Gasteiger partial charge is 0.338 e. The minimum absolute atomic E-state index is 0.00555. The molecule has 1 unspecified atom stereocenters. The van der Waals surface area contributed by atoms with E-state index in [-0.39, 0.29) is 31.3 Å². The summed E-state index contributed by atoms with van der Waals surface area (Å²) in [7, 11) is 0. The van der Waals surface area contributed by atoms with Crippen LogP contribution in [0.3, 0.4) is 0 Å². The van der Waals surface area contributed by atoms with Crippen LogP contribution in [0.1, 0.15) is 27.7 Å². The molecule has 39 heavy (non-hydrogen) atoms. The molecule has 1 atom stereocenters. The van der Waals surface area contributed by atoms with Gasteiger partial charge in [-0.25, -0.2) is 14.2 Å². The molecule has 3 rings (SSSR count). The molecule has 0 aromatic heterocycles. The van der Waals surface area contributed by atoms with E-state index in [1.165, 1.54) is 6.07 Å². The van der Waals surface area contributed by atoms with E-state index in [1.807, 2.05) is 0 Å². The summed E-state index contributed by atoms with van der Waals surface area (Å²) >= 11 is 0. The lowest BCUT2D eigenvalue weighted by Gasteiger charge is -2.10. The molecule has 0 aliphatic carbocycles. The number of benzene rings is 2. The fourth-order valence-corrected chi connectivity index (χ4v) is 3.34. The van der Waals surface area contributed by atoms with Crippen LogP contribution >= 0.6 is 0 Å². The zero-order valence-electron chi connectivity index (χ0n) is 21.7. The Morgan fingerprint density at radius 1 is 0.821 bits per heavy atom. The van der Waals surface area contributed by atoms with Crippen LogP contribution in [-0.4, -0.2) is 96.3 Å². The number of carbonyl (C=O) groups excluding carboxylic acids is 1. The molecule has 2 N–H and O–H groups in total. The van der Waals surface area contributed by atoms with E-state index in [2.05, 4.69) is 10.5 Å². The van der Waals surface area contributed by atoms with Crippen molar-refractivity contribution >= 4 is 11.9 Å². The third-order valence-electron chi connectivity index (χ3n) is 5.24. The number of hydroxylamine groups is 1. The number of nitrogens with one attached hydrogen (secondary N) is 1. The summed E-state index contributed by atoms with van der Waals surface area (Å²) in [4.78, 5) is 22.1. The maximum absolute atomic E-state index is 14.0. The molecule has 0 radical (unpaired) electrons. The molecule has 1 aliphatic rings. The van der Waals surface area contributed by atoms with Crippen LogP contribution in [0.4, 0.5) is 4.39 Å². The predicted molar refractivity (Wildman–Crippen MR) is 138 cm³/mol. The number of aliphatic imine (C=N–C) groups is 1. The van der Waals surface area contributed by atoms with E-state index < -0.39 is 18.0 Å². The van der Waals surface area contributed by atoms with Gasteiger partial charge in [0, 0.05) is 0 Å². The van der Waals surface area contributed by atoms with Gasteiger partial charge in [-0.2, -0.15) is 0 Å². The van der Waals surface area contributed by atoms with Crippen molar-refractivity contribution in [2.24, 2.45) is 4.99 Å². The summed E-state index contributed by atoms with van der Waals surface area (Å²) in [5.74, 6) is -0.787. The van der Waals surface area contributed by atoms with Gasteiger partial charge in [-0.1, -0.05) is 24.3 Å². The van der Waals surface area contributed by atoms with Crippen molar-refractivity contribution in [3.05, 3.63) is 71.0 Å². The fraction of sp³-hybridized carbons (Fsp3) is 0.481.